The zero-order valence-electron chi connectivity index (χ0n) is 35.4. The lowest BCUT2D eigenvalue weighted by molar-refractivity contribution is -0.141. The van der Waals surface area contributed by atoms with E-state index < -0.39 is 11.9 Å². The SMILES string of the molecule is C=CC(=O)Oc1ccc(C(=O)Oc2ccc(OC(=O)C3CCC(OCCCCCCCCCCCOC(=C)C)CC3)cc2)cc1.CCCCCCOCCCCC. The highest BCUT2D eigenvalue weighted by atomic mass is 16.5. The highest BCUT2D eigenvalue weighted by Gasteiger charge is 2.28. The average molecular weight is 793 g/mol. The Morgan fingerprint density at radius 2 is 1.05 bits per heavy atom. The smallest absolute Gasteiger partial charge is 0.343 e. The third-order valence-electron chi connectivity index (χ3n) is 9.76. The van der Waals surface area contributed by atoms with Crippen LogP contribution in [0.2, 0.25) is 0 Å². The number of carbonyl (C=O) groups excluding carboxylic acids is 3. The number of ether oxygens (including phenoxy) is 6. The van der Waals surface area contributed by atoms with Gasteiger partial charge in [0.25, 0.3) is 0 Å². The fourth-order valence-electron chi connectivity index (χ4n) is 6.35. The first-order chi connectivity index (χ1) is 27.7. The standard InChI is InChI=1S/C37H48O8.C11H24O/c1-4-35(38)43-32-20-16-30(17-21-32)37(40)45-34-24-22-33(23-25-34)44-36(39)29-14-18-31(19-15-29)42-27-13-11-9-7-5-6-8-10-12-26-41-28(2)3;1-3-5-7-9-11-12-10-8-6-4-2/h4,16-17,20-25,29,31H,1-2,5-15,18-19,26-27H2,3H3;3-11H2,1-2H3. The van der Waals surface area contributed by atoms with Crippen LogP contribution in [0.5, 0.6) is 17.2 Å². The summed E-state index contributed by atoms with van der Waals surface area (Å²) in [5.41, 5.74) is 0.294. The molecule has 1 aliphatic carbocycles. The Labute approximate surface area is 343 Å². The molecule has 0 N–H and O–H groups in total. The Hall–Kier alpha value is -3.95. The monoisotopic (exact) mass is 793 g/mol. The zero-order chi connectivity index (χ0) is 41.4. The first-order valence-electron chi connectivity index (χ1n) is 21.7. The fourth-order valence-corrected chi connectivity index (χ4v) is 6.35. The molecule has 1 aliphatic rings. The van der Waals surface area contributed by atoms with Crippen LogP contribution in [0.3, 0.4) is 0 Å². The number of rotatable bonds is 29. The van der Waals surface area contributed by atoms with Crippen molar-refractivity contribution in [1.82, 2.24) is 0 Å². The molecule has 9 heteroatoms. The second-order valence-electron chi connectivity index (χ2n) is 14.9. The molecule has 1 fully saturated rings. The van der Waals surface area contributed by atoms with Crippen LogP contribution < -0.4 is 14.2 Å². The number of unbranched alkanes of at least 4 members (excludes halogenated alkanes) is 13. The van der Waals surface area contributed by atoms with Crippen molar-refractivity contribution >= 4 is 17.9 Å². The number of carbonyl (C=O) groups is 3. The third kappa shape index (κ3) is 24.4. The fraction of sp³-hybridized carbons (Fsp3) is 0.604. The van der Waals surface area contributed by atoms with Crippen LogP contribution in [0.1, 0.15) is 160 Å². The molecule has 0 aliphatic heterocycles. The Bertz CT molecular complexity index is 1370. The second kappa shape index (κ2) is 32.1. The van der Waals surface area contributed by atoms with E-state index in [1.54, 1.807) is 24.3 Å². The van der Waals surface area contributed by atoms with Gasteiger partial charge in [-0.25, -0.2) is 9.59 Å². The number of benzene rings is 2. The molecule has 2 aromatic carbocycles. The Balaban J connectivity index is 0.000000804. The molecule has 0 spiro atoms. The maximum absolute atomic E-state index is 12.7. The van der Waals surface area contributed by atoms with Gasteiger partial charge in [-0.05, 0) is 107 Å². The summed E-state index contributed by atoms with van der Waals surface area (Å²) in [5.74, 6) is 0.280. The van der Waals surface area contributed by atoms with Gasteiger partial charge in [0.15, 0.2) is 0 Å². The van der Waals surface area contributed by atoms with Crippen molar-refractivity contribution in [3.63, 3.8) is 0 Å². The minimum Gasteiger partial charge on any atom is -0.499 e. The highest BCUT2D eigenvalue weighted by Crippen LogP contribution is 2.29. The molecule has 0 radical (unpaired) electrons. The van der Waals surface area contributed by atoms with Gasteiger partial charge in [-0.2, -0.15) is 0 Å². The Morgan fingerprint density at radius 3 is 1.61 bits per heavy atom. The minimum absolute atomic E-state index is 0.144. The average Bonchev–Trinajstić information content (AvgIpc) is 3.22. The lowest BCUT2D eigenvalue weighted by Crippen LogP contribution is -2.29. The predicted octanol–water partition coefficient (Wildman–Crippen LogP) is 12.3. The van der Waals surface area contributed by atoms with Gasteiger partial charge < -0.3 is 28.4 Å². The molecular formula is C48H72O9. The van der Waals surface area contributed by atoms with E-state index in [0.717, 1.165) is 76.8 Å². The molecule has 0 unspecified atom stereocenters. The summed E-state index contributed by atoms with van der Waals surface area (Å²) >= 11 is 0. The molecule has 57 heavy (non-hydrogen) atoms. The van der Waals surface area contributed by atoms with Crippen LogP contribution in [0.4, 0.5) is 0 Å². The first-order valence-corrected chi connectivity index (χ1v) is 21.7. The minimum atomic E-state index is -0.584. The summed E-state index contributed by atoms with van der Waals surface area (Å²) in [4.78, 5) is 36.5. The molecule has 318 valence electrons. The zero-order valence-corrected chi connectivity index (χ0v) is 35.4. The number of esters is 3. The third-order valence-corrected chi connectivity index (χ3v) is 9.76. The predicted molar refractivity (Wildman–Crippen MR) is 228 cm³/mol. The van der Waals surface area contributed by atoms with Crippen LogP contribution >= 0.6 is 0 Å². The van der Waals surface area contributed by atoms with Crippen molar-refractivity contribution in [3.8, 4) is 17.2 Å². The molecule has 3 rings (SSSR count). The van der Waals surface area contributed by atoms with E-state index in [9.17, 15) is 14.4 Å². The molecular weight excluding hydrogens is 721 g/mol. The lowest BCUT2D eigenvalue weighted by atomic mass is 9.87. The molecule has 0 bridgehead atoms. The molecule has 0 aromatic heterocycles. The largest absolute Gasteiger partial charge is 0.499 e. The Kier molecular flexibility index (Phi) is 27.7. The van der Waals surface area contributed by atoms with Crippen molar-refractivity contribution in [2.75, 3.05) is 26.4 Å². The number of hydrogen-bond acceptors (Lipinski definition) is 9. The molecule has 0 amide bonds. The summed E-state index contributed by atoms with van der Waals surface area (Å²) < 4.78 is 33.0. The van der Waals surface area contributed by atoms with Gasteiger partial charge >= 0.3 is 17.9 Å². The van der Waals surface area contributed by atoms with E-state index in [2.05, 4.69) is 27.0 Å². The van der Waals surface area contributed by atoms with Crippen molar-refractivity contribution in [2.24, 2.45) is 5.92 Å². The van der Waals surface area contributed by atoms with Crippen LogP contribution in [0.25, 0.3) is 0 Å². The molecule has 2 aromatic rings. The van der Waals surface area contributed by atoms with E-state index in [0.29, 0.717) is 22.8 Å². The van der Waals surface area contributed by atoms with E-state index in [-0.39, 0.29) is 18.0 Å². The highest BCUT2D eigenvalue weighted by molar-refractivity contribution is 5.91. The van der Waals surface area contributed by atoms with Crippen molar-refractivity contribution in [2.45, 2.75) is 155 Å². The number of hydrogen-bond donors (Lipinski definition) is 0. The van der Waals surface area contributed by atoms with Crippen LogP contribution in [-0.2, 0) is 23.8 Å². The van der Waals surface area contributed by atoms with E-state index in [1.807, 2.05) is 6.92 Å². The maximum Gasteiger partial charge on any atom is 0.343 e. The first kappa shape index (κ1) is 49.2. The summed E-state index contributed by atoms with van der Waals surface area (Å²) in [5, 5.41) is 0. The molecule has 0 saturated heterocycles. The summed E-state index contributed by atoms with van der Waals surface area (Å²) in [7, 11) is 0. The van der Waals surface area contributed by atoms with Gasteiger partial charge in [0, 0.05) is 25.9 Å². The van der Waals surface area contributed by atoms with Crippen LogP contribution in [0, 0.1) is 5.92 Å². The van der Waals surface area contributed by atoms with Gasteiger partial charge in [-0.3, -0.25) is 4.79 Å². The van der Waals surface area contributed by atoms with Gasteiger partial charge in [0.1, 0.15) is 17.2 Å². The van der Waals surface area contributed by atoms with Crippen molar-refractivity contribution in [1.29, 1.82) is 0 Å². The van der Waals surface area contributed by atoms with Crippen molar-refractivity contribution in [3.05, 3.63) is 79.1 Å². The lowest BCUT2D eigenvalue weighted by Gasteiger charge is -2.27. The van der Waals surface area contributed by atoms with Gasteiger partial charge in [-0.15, -0.1) is 0 Å². The van der Waals surface area contributed by atoms with E-state index >= 15 is 0 Å². The van der Waals surface area contributed by atoms with Gasteiger partial charge in [0.2, 0.25) is 0 Å². The normalized spacial score (nSPS) is 14.8. The topological polar surface area (TPSA) is 107 Å². The van der Waals surface area contributed by atoms with Crippen LogP contribution in [-0.4, -0.2) is 50.4 Å². The molecule has 9 nitrogen and oxygen atoms in total. The number of allylic oxidation sites excluding steroid dienone is 1. The second-order valence-corrected chi connectivity index (χ2v) is 14.9. The quantitative estimate of drug-likeness (QED) is 0.0262. The molecule has 0 atom stereocenters. The van der Waals surface area contributed by atoms with Crippen molar-refractivity contribution < 1.29 is 42.8 Å². The molecule has 1 saturated carbocycles. The van der Waals surface area contributed by atoms with E-state index in [4.69, 9.17) is 28.4 Å². The summed E-state index contributed by atoms with van der Waals surface area (Å²) in [6.45, 7) is 17.0. The maximum atomic E-state index is 12.7. The van der Waals surface area contributed by atoms with Gasteiger partial charge in [-0.1, -0.05) is 104 Å². The van der Waals surface area contributed by atoms with E-state index in [1.165, 1.54) is 114 Å². The summed E-state index contributed by atoms with van der Waals surface area (Å²) in [6, 6.07) is 12.4. The summed E-state index contributed by atoms with van der Waals surface area (Å²) in [6.07, 6.45) is 24.7. The molecule has 0 heterocycles. The van der Waals surface area contributed by atoms with Gasteiger partial charge in [0.05, 0.1) is 30.0 Å². The van der Waals surface area contributed by atoms with Crippen LogP contribution in [0.15, 0.2) is 73.5 Å². The Morgan fingerprint density at radius 1 is 0.596 bits per heavy atom.